The molecule has 0 atom stereocenters. The Bertz CT molecular complexity index is 855. The van der Waals surface area contributed by atoms with E-state index in [1.165, 1.54) is 11.0 Å². The number of likely N-dealkylation sites (tertiary alicyclic amines) is 1. The smallest absolute Gasteiger partial charge is 0.254 e. The molecule has 0 spiro atoms. The van der Waals surface area contributed by atoms with Crippen molar-refractivity contribution >= 4 is 40.7 Å². The van der Waals surface area contributed by atoms with Crippen molar-refractivity contribution in [1.82, 2.24) is 4.90 Å². The largest absolute Gasteiger partial charge is 0.337 e. The number of hydrogen-bond acceptors (Lipinski definition) is 2. The van der Waals surface area contributed by atoms with E-state index in [9.17, 15) is 18.4 Å². The van der Waals surface area contributed by atoms with E-state index in [1.54, 1.807) is 18.2 Å². The van der Waals surface area contributed by atoms with Crippen molar-refractivity contribution in [2.75, 3.05) is 18.4 Å². The van der Waals surface area contributed by atoms with Crippen molar-refractivity contribution in [2.24, 2.45) is 5.92 Å². The highest BCUT2D eigenvalue weighted by molar-refractivity contribution is 6.44. The average Bonchev–Trinajstić information content (AvgIpc) is 2.53. The van der Waals surface area contributed by atoms with E-state index in [4.69, 9.17) is 23.2 Å². The number of benzene rings is 2. The molecule has 2 aromatic carbocycles. The number of nitrogens with one attached hydrogen (secondary N) is 1. The highest BCUT2D eigenvalue weighted by atomic mass is 35.5. The Hall–Kier alpha value is -2.18. The van der Waals surface area contributed by atoms with Crippen molar-refractivity contribution in [1.29, 1.82) is 0 Å². The second-order valence-electron chi connectivity index (χ2n) is 5.63. The molecule has 0 saturated carbocycles. The fraction of sp³-hybridized carbons (Fsp3) is 0.176. The molecular weight excluding hydrogens is 373 g/mol. The minimum atomic E-state index is -1.09. The predicted molar refractivity (Wildman–Crippen MR) is 90.8 cm³/mol. The third kappa shape index (κ3) is 3.60. The summed E-state index contributed by atoms with van der Waals surface area (Å²) in [4.78, 5) is 25.8. The molecule has 4 nitrogen and oxygen atoms in total. The molecule has 2 amide bonds. The number of carbonyl (C=O) groups is 2. The third-order valence-electron chi connectivity index (χ3n) is 3.92. The van der Waals surface area contributed by atoms with Crippen LogP contribution in [0, 0.1) is 17.6 Å². The summed E-state index contributed by atoms with van der Waals surface area (Å²) in [5.74, 6) is -3.27. The molecule has 1 aliphatic heterocycles. The Labute approximate surface area is 152 Å². The van der Waals surface area contributed by atoms with Crippen LogP contribution in [0.15, 0.2) is 36.4 Å². The van der Waals surface area contributed by atoms with E-state index < -0.39 is 23.5 Å². The van der Waals surface area contributed by atoms with Gasteiger partial charge in [-0.2, -0.15) is 0 Å². The first-order valence-corrected chi connectivity index (χ1v) is 8.11. The second-order valence-corrected chi connectivity index (χ2v) is 6.41. The number of anilines is 1. The van der Waals surface area contributed by atoms with Crippen LogP contribution in [0.3, 0.4) is 0 Å². The molecule has 0 aromatic heterocycles. The van der Waals surface area contributed by atoms with Gasteiger partial charge in [-0.05, 0) is 30.3 Å². The fourth-order valence-corrected chi connectivity index (χ4v) is 2.80. The quantitative estimate of drug-likeness (QED) is 0.869. The van der Waals surface area contributed by atoms with Gasteiger partial charge in [-0.15, -0.1) is 0 Å². The van der Waals surface area contributed by atoms with Gasteiger partial charge >= 0.3 is 0 Å². The van der Waals surface area contributed by atoms with Crippen LogP contribution in [-0.4, -0.2) is 29.8 Å². The Kier molecular flexibility index (Phi) is 4.92. The summed E-state index contributed by atoms with van der Waals surface area (Å²) in [6.07, 6.45) is 0. The molecule has 1 saturated heterocycles. The highest BCUT2D eigenvalue weighted by Crippen LogP contribution is 2.30. The molecule has 2 aromatic rings. The molecule has 1 N–H and O–H groups in total. The Morgan fingerprint density at radius 2 is 1.80 bits per heavy atom. The van der Waals surface area contributed by atoms with E-state index in [0.29, 0.717) is 10.7 Å². The lowest BCUT2D eigenvalue weighted by Gasteiger charge is -2.38. The molecule has 1 aliphatic rings. The Morgan fingerprint density at radius 1 is 1.08 bits per heavy atom. The molecule has 1 heterocycles. The van der Waals surface area contributed by atoms with E-state index in [2.05, 4.69) is 5.32 Å². The van der Waals surface area contributed by atoms with Gasteiger partial charge in [0.1, 0.15) is 0 Å². The third-order valence-corrected chi connectivity index (χ3v) is 4.73. The molecule has 0 bridgehead atoms. The number of nitrogens with zero attached hydrogens (tertiary/aromatic N) is 1. The van der Waals surface area contributed by atoms with Crippen LogP contribution in [0.4, 0.5) is 14.5 Å². The standard InChI is InChI=1S/C17H12Cl2F2N2O2/c18-11-2-1-3-14(15(11)19)22-16(24)10-7-23(8-10)17(25)9-4-5-12(20)13(21)6-9/h1-6,10H,7-8H2,(H,22,24). The first-order chi connectivity index (χ1) is 11.9. The number of hydrogen-bond donors (Lipinski definition) is 1. The summed E-state index contributed by atoms with van der Waals surface area (Å²) in [6.45, 7) is 0.365. The van der Waals surface area contributed by atoms with Gasteiger partial charge < -0.3 is 10.2 Å². The number of rotatable bonds is 3. The monoisotopic (exact) mass is 384 g/mol. The van der Waals surface area contributed by atoms with E-state index >= 15 is 0 Å². The zero-order chi connectivity index (χ0) is 18.1. The summed E-state index contributed by atoms with van der Waals surface area (Å²) in [7, 11) is 0. The number of amides is 2. The van der Waals surface area contributed by atoms with Gasteiger partial charge in [0.15, 0.2) is 11.6 Å². The molecule has 1 fully saturated rings. The van der Waals surface area contributed by atoms with Gasteiger partial charge in [0.25, 0.3) is 5.91 Å². The Balaban J connectivity index is 1.60. The topological polar surface area (TPSA) is 49.4 Å². The van der Waals surface area contributed by atoms with Crippen molar-refractivity contribution in [3.8, 4) is 0 Å². The highest BCUT2D eigenvalue weighted by Gasteiger charge is 2.36. The second kappa shape index (κ2) is 6.98. The SMILES string of the molecule is O=C(Nc1cccc(Cl)c1Cl)C1CN(C(=O)c2ccc(F)c(F)c2)C1. The number of carbonyl (C=O) groups excluding carboxylic acids is 2. The normalized spacial score (nSPS) is 14.2. The summed E-state index contributed by atoms with van der Waals surface area (Å²) >= 11 is 11.9. The lowest BCUT2D eigenvalue weighted by molar-refractivity contribution is -0.123. The number of halogens is 4. The van der Waals surface area contributed by atoms with E-state index in [-0.39, 0.29) is 29.6 Å². The molecule has 8 heteroatoms. The van der Waals surface area contributed by atoms with Gasteiger partial charge in [0.2, 0.25) is 5.91 Å². The van der Waals surface area contributed by atoms with Crippen LogP contribution < -0.4 is 5.32 Å². The zero-order valence-electron chi connectivity index (χ0n) is 12.7. The first kappa shape index (κ1) is 17.6. The van der Waals surface area contributed by atoms with E-state index in [1.807, 2.05) is 0 Å². The van der Waals surface area contributed by atoms with Crippen molar-refractivity contribution in [3.63, 3.8) is 0 Å². The lowest BCUT2D eigenvalue weighted by Crippen LogP contribution is -2.54. The molecule has 3 rings (SSSR count). The molecule has 0 unspecified atom stereocenters. The predicted octanol–water partition coefficient (Wildman–Crippen LogP) is 3.98. The van der Waals surface area contributed by atoms with Crippen LogP contribution in [-0.2, 0) is 4.79 Å². The molecule has 0 aliphatic carbocycles. The maximum Gasteiger partial charge on any atom is 0.254 e. The first-order valence-electron chi connectivity index (χ1n) is 7.36. The average molecular weight is 385 g/mol. The van der Waals surface area contributed by atoms with Gasteiger partial charge in [-0.25, -0.2) is 8.78 Å². The maximum absolute atomic E-state index is 13.2. The summed E-state index contributed by atoms with van der Waals surface area (Å²) in [6, 6.07) is 7.83. The molecule has 0 radical (unpaired) electrons. The van der Waals surface area contributed by atoms with Crippen LogP contribution in [0.1, 0.15) is 10.4 Å². The van der Waals surface area contributed by atoms with Crippen LogP contribution in [0.25, 0.3) is 0 Å². The fourth-order valence-electron chi connectivity index (χ4n) is 2.46. The van der Waals surface area contributed by atoms with Crippen LogP contribution >= 0.6 is 23.2 Å². The summed E-state index contributed by atoms with van der Waals surface area (Å²) in [5.41, 5.74) is 0.431. The molecular formula is C17H12Cl2F2N2O2. The minimum Gasteiger partial charge on any atom is -0.337 e. The minimum absolute atomic E-state index is 0.0376. The Morgan fingerprint density at radius 3 is 2.48 bits per heavy atom. The molecule has 130 valence electrons. The van der Waals surface area contributed by atoms with Crippen molar-refractivity contribution < 1.29 is 18.4 Å². The van der Waals surface area contributed by atoms with Gasteiger partial charge in [-0.1, -0.05) is 29.3 Å². The molecule has 25 heavy (non-hydrogen) atoms. The van der Waals surface area contributed by atoms with Gasteiger partial charge in [-0.3, -0.25) is 9.59 Å². The van der Waals surface area contributed by atoms with Crippen LogP contribution in [0.5, 0.6) is 0 Å². The van der Waals surface area contributed by atoms with Gasteiger partial charge in [0.05, 0.1) is 21.7 Å². The van der Waals surface area contributed by atoms with Crippen molar-refractivity contribution in [3.05, 3.63) is 63.6 Å². The van der Waals surface area contributed by atoms with Crippen LogP contribution in [0.2, 0.25) is 10.0 Å². The van der Waals surface area contributed by atoms with Gasteiger partial charge in [0, 0.05) is 18.7 Å². The lowest BCUT2D eigenvalue weighted by atomic mass is 9.97. The van der Waals surface area contributed by atoms with E-state index in [0.717, 1.165) is 12.1 Å². The summed E-state index contributed by atoms with van der Waals surface area (Å²) < 4.78 is 26.1. The zero-order valence-corrected chi connectivity index (χ0v) is 14.2. The summed E-state index contributed by atoms with van der Waals surface area (Å²) in [5, 5.41) is 3.23. The maximum atomic E-state index is 13.2. The van der Waals surface area contributed by atoms with Crippen molar-refractivity contribution in [2.45, 2.75) is 0 Å².